The van der Waals surface area contributed by atoms with E-state index in [2.05, 4.69) is 18.6 Å². The van der Waals surface area contributed by atoms with Gasteiger partial charge < -0.3 is 5.73 Å². The van der Waals surface area contributed by atoms with E-state index in [0.29, 0.717) is 23.8 Å². The van der Waals surface area contributed by atoms with E-state index >= 15 is 0 Å². The predicted molar refractivity (Wildman–Crippen MR) is 89.1 cm³/mol. The lowest BCUT2D eigenvalue weighted by Crippen LogP contribution is -2.39. The number of nitrogens with zero attached hydrogens (tertiary/aromatic N) is 1. The molecule has 6 heteroatoms. The SMILES string of the molecule is NCc1ccc(S(=O)(=O)N2C[CH]C[C@H](c3ccccc3)C2)s1. The molecular formula is C16H19N2O2S2. The van der Waals surface area contributed by atoms with E-state index in [-0.39, 0.29) is 5.92 Å². The Morgan fingerprint density at radius 3 is 2.64 bits per heavy atom. The van der Waals surface area contributed by atoms with Crippen molar-refractivity contribution >= 4 is 21.4 Å². The summed E-state index contributed by atoms with van der Waals surface area (Å²) in [6.45, 7) is 1.37. The van der Waals surface area contributed by atoms with Gasteiger partial charge in [-0.3, -0.25) is 0 Å². The Balaban J connectivity index is 1.82. The molecule has 0 bridgehead atoms. The molecule has 22 heavy (non-hydrogen) atoms. The molecule has 1 aliphatic heterocycles. The van der Waals surface area contributed by atoms with Crippen LogP contribution in [0.4, 0.5) is 0 Å². The van der Waals surface area contributed by atoms with Gasteiger partial charge in [0, 0.05) is 24.5 Å². The quantitative estimate of drug-likeness (QED) is 0.934. The number of hydrogen-bond acceptors (Lipinski definition) is 4. The van der Waals surface area contributed by atoms with Gasteiger partial charge in [0.2, 0.25) is 0 Å². The second-order valence-corrected chi connectivity index (χ2v) is 8.71. The van der Waals surface area contributed by atoms with Crippen LogP contribution in [0.25, 0.3) is 0 Å². The summed E-state index contributed by atoms with van der Waals surface area (Å²) >= 11 is 1.26. The molecule has 2 heterocycles. The van der Waals surface area contributed by atoms with E-state index in [1.54, 1.807) is 16.4 Å². The minimum atomic E-state index is -3.43. The lowest BCUT2D eigenvalue weighted by molar-refractivity contribution is 0.361. The van der Waals surface area contributed by atoms with Crippen molar-refractivity contribution in [1.29, 1.82) is 0 Å². The average Bonchev–Trinajstić information content (AvgIpc) is 3.06. The fourth-order valence-corrected chi connectivity index (χ4v) is 5.56. The molecule has 0 amide bonds. The summed E-state index contributed by atoms with van der Waals surface area (Å²) in [4.78, 5) is 0.888. The first-order valence-corrected chi connectivity index (χ1v) is 9.52. The maximum absolute atomic E-state index is 12.8. The van der Waals surface area contributed by atoms with Crippen molar-refractivity contribution < 1.29 is 8.42 Å². The number of nitrogens with two attached hydrogens (primary N) is 1. The molecule has 2 aromatic rings. The molecule has 0 unspecified atom stereocenters. The zero-order valence-corrected chi connectivity index (χ0v) is 13.8. The first kappa shape index (κ1) is 15.7. The van der Waals surface area contributed by atoms with Crippen LogP contribution in [0.2, 0.25) is 0 Å². The summed E-state index contributed by atoms with van der Waals surface area (Å²) in [5.74, 6) is 0.221. The Morgan fingerprint density at radius 1 is 1.18 bits per heavy atom. The molecule has 3 rings (SSSR count). The van der Waals surface area contributed by atoms with E-state index < -0.39 is 10.0 Å². The van der Waals surface area contributed by atoms with Gasteiger partial charge >= 0.3 is 0 Å². The molecule has 2 N–H and O–H groups in total. The van der Waals surface area contributed by atoms with Crippen molar-refractivity contribution in [1.82, 2.24) is 4.31 Å². The van der Waals surface area contributed by atoms with Crippen molar-refractivity contribution in [3.63, 3.8) is 0 Å². The third-order valence-corrected chi connectivity index (χ3v) is 7.32. The van der Waals surface area contributed by atoms with Crippen LogP contribution in [-0.4, -0.2) is 25.8 Å². The molecule has 1 radical (unpaired) electrons. The Bertz CT molecular complexity index is 726. The molecule has 0 spiro atoms. The van der Waals surface area contributed by atoms with Crippen molar-refractivity contribution in [3.05, 3.63) is 59.3 Å². The molecule has 1 fully saturated rings. The van der Waals surface area contributed by atoms with E-state index in [4.69, 9.17) is 5.73 Å². The number of benzene rings is 1. The second kappa shape index (κ2) is 6.50. The molecule has 117 valence electrons. The zero-order valence-electron chi connectivity index (χ0n) is 12.2. The summed E-state index contributed by atoms with van der Waals surface area (Å²) in [7, 11) is -3.43. The molecule has 1 atom stereocenters. The van der Waals surface area contributed by atoms with Crippen LogP contribution in [0.3, 0.4) is 0 Å². The number of sulfonamides is 1. The van der Waals surface area contributed by atoms with E-state index in [1.807, 2.05) is 18.2 Å². The topological polar surface area (TPSA) is 63.4 Å². The minimum Gasteiger partial charge on any atom is -0.326 e. The molecule has 1 aromatic carbocycles. The van der Waals surface area contributed by atoms with Gasteiger partial charge in [-0.15, -0.1) is 11.3 Å². The largest absolute Gasteiger partial charge is 0.326 e. The fourth-order valence-electron chi connectivity index (χ4n) is 2.71. The van der Waals surface area contributed by atoms with Crippen LogP contribution in [-0.2, 0) is 16.6 Å². The van der Waals surface area contributed by atoms with Gasteiger partial charge in [0.25, 0.3) is 10.0 Å². The first-order chi connectivity index (χ1) is 10.6. The highest BCUT2D eigenvalue weighted by Crippen LogP contribution is 2.31. The molecule has 4 nitrogen and oxygen atoms in total. The van der Waals surface area contributed by atoms with Gasteiger partial charge in [0.15, 0.2) is 0 Å². The van der Waals surface area contributed by atoms with E-state index in [9.17, 15) is 8.42 Å². The normalized spacial score (nSPS) is 20.1. The van der Waals surface area contributed by atoms with E-state index in [1.165, 1.54) is 16.9 Å². The van der Waals surface area contributed by atoms with Gasteiger partial charge in [-0.1, -0.05) is 30.3 Å². The number of piperidine rings is 1. The first-order valence-electron chi connectivity index (χ1n) is 7.27. The highest BCUT2D eigenvalue weighted by atomic mass is 32.2. The van der Waals surface area contributed by atoms with Crippen molar-refractivity contribution in [2.45, 2.75) is 23.1 Å². The second-order valence-electron chi connectivity index (χ2n) is 5.38. The van der Waals surface area contributed by atoms with Crippen LogP contribution in [0.15, 0.2) is 46.7 Å². The molecule has 0 saturated carbocycles. The summed E-state index contributed by atoms with van der Waals surface area (Å²) in [5.41, 5.74) is 6.77. The van der Waals surface area contributed by atoms with Crippen molar-refractivity contribution in [3.8, 4) is 0 Å². The molecule has 1 aliphatic rings. The number of hydrogen-bond donors (Lipinski definition) is 1. The minimum absolute atomic E-state index is 0.221. The maximum atomic E-state index is 12.8. The van der Waals surface area contributed by atoms with Crippen LogP contribution in [0.1, 0.15) is 22.8 Å². The van der Waals surface area contributed by atoms with Gasteiger partial charge in [0.05, 0.1) is 0 Å². The van der Waals surface area contributed by atoms with Gasteiger partial charge in [-0.05, 0) is 36.5 Å². The van der Waals surface area contributed by atoms with E-state index in [0.717, 1.165) is 11.3 Å². The van der Waals surface area contributed by atoms with Crippen LogP contribution in [0.5, 0.6) is 0 Å². The average molecular weight is 335 g/mol. The van der Waals surface area contributed by atoms with Crippen LogP contribution >= 0.6 is 11.3 Å². The maximum Gasteiger partial charge on any atom is 0.252 e. The summed E-state index contributed by atoms with van der Waals surface area (Å²) in [6, 6.07) is 13.5. The highest BCUT2D eigenvalue weighted by Gasteiger charge is 2.31. The Hall–Kier alpha value is -1.21. The Kier molecular flexibility index (Phi) is 4.63. The van der Waals surface area contributed by atoms with Gasteiger partial charge in [0.1, 0.15) is 4.21 Å². The van der Waals surface area contributed by atoms with Crippen LogP contribution in [0, 0.1) is 6.42 Å². The zero-order chi connectivity index (χ0) is 15.6. The molecule has 1 aromatic heterocycles. The fraction of sp³-hybridized carbons (Fsp3) is 0.312. The van der Waals surface area contributed by atoms with Crippen molar-refractivity contribution in [2.24, 2.45) is 5.73 Å². The monoisotopic (exact) mass is 335 g/mol. The third kappa shape index (κ3) is 3.10. The third-order valence-electron chi connectivity index (χ3n) is 3.91. The number of rotatable bonds is 4. The summed E-state index contributed by atoms with van der Waals surface area (Å²) in [6.07, 6.45) is 2.96. The predicted octanol–water partition coefficient (Wildman–Crippen LogP) is 2.59. The van der Waals surface area contributed by atoms with Crippen LogP contribution < -0.4 is 5.73 Å². The Morgan fingerprint density at radius 2 is 1.95 bits per heavy atom. The Labute approximate surface area is 135 Å². The standard InChI is InChI=1S/C16H19N2O2S2/c17-11-15-8-9-16(21-15)22(19,20)18-10-4-7-14(12-18)13-5-2-1-3-6-13/h1-6,8-9,14H,7,10-12,17H2/t14-/m0/s1. The van der Waals surface area contributed by atoms with Gasteiger partial charge in [-0.2, -0.15) is 4.31 Å². The molecular weight excluding hydrogens is 316 g/mol. The highest BCUT2D eigenvalue weighted by molar-refractivity contribution is 7.91. The van der Waals surface area contributed by atoms with Crippen molar-refractivity contribution in [2.75, 3.05) is 13.1 Å². The van der Waals surface area contributed by atoms with Gasteiger partial charge in [-0.25, -0.2) is 8.42 Å². The molecule has 0 aliphatic carbocycles. The summed E-state index contributed by atoms with van der Waals surface area (Å²) in [5, 5.41) is 0. The lowest BCUT2D eigenvalue weighted by Gasteiger charge is -2.31. The summed E-state index contributed by atoms with van der Waals surface area (Å²) < 4.78 is 27.5. The number of thiophene rings is 1. The molecule has 1 saturated heterocycles. The smallest absolute Gasteiger partial charge is 0.252 e. The lowest BCUT2D eigenvalue weighted by atomic mass is 9.92.